The Bertz CT molecular complexity index is 390. The van der Waals surface area contributed by atoms with Crippen LogP contribution in [0, 0.1) is 0 Å². The van der Waals surface area contributed by atoms with Crippen LogP contribution in [0.4, 0.5) is 0 Å². The molecule has 2 rings (SSSR count). The van der Waals surface area contributed by atoms with Gasteiger partial charge in [0.05, 0.1) is 11.5 Å². The van der Waals surface area contributed by atoms with Crippen molar-refractivity contribution in [2.24, 2.45) is 0 Å². The zero-order valence-corrected chi connectivity index (χ0v) is 11.2. The van der Waals surface area contributed by atoms with Crippen molar-refractivity contribution >= 4 is 27.3 Å². The van der Waals surface area contributed by atoms with Gasteiger partial charge in [-0.3, -0.25) is 9.69 Å². The molecule has 0 radical (unpaired) electrons. The molecule has 5 nitrogen and oxygen atoms in total. The molecule has 1 unspecified atom stereocenters. The van der Waals surface area contributed by atoms with E-state index >= 15 is 0 Å². The van der Waals surface area contributed by atoms with Crippen LogP contribution < -0.4 is 0 Å². The molecule has 0 aromatic carbocycles. The second-order valence-corrected chi connectivity index (χ2v) is 7.10. The highest BCUT2D eigenvalue weighted by Gasteiger charge is 2.34. The molecule has 17 heavy (non-hydrogen) atoms. The maximum Gasteiger partial charge on any atom is 0.237 e. The van der Waals surface area contributed by atoms with Gasteiger partial charge >= 0.3 is 0 Å². The summed E-state index contributed by atoms with van der Waals surface area (Å²) in [5.74, 6) is 0.567. The number of carbonyl (C=O) groups is 1. The van der Waals surface area contributed by atoms with Gasteiger partial charge in [-0.25, -0.2) is 8.42 Å². The second-order valence-electron chi connectivity index (χ2n) is 4.61. The van der Waals surface area contributed by atoms with Crippen molar-refractivity contribution in [2.75, 3.05) is 43.6 Å². The summed E-state index contributed by atoms with van der Waals surface area (Å²) in [4.78, 5) is 15.3. The quantitative estimate of drug-likeness (QED) is 0.644. The van der Waals surface area contributed by atoms with Gasteiger partial charge in [-0.05, 0) is 6.42 Å². The molecular formula is C10H17ClN2O3S. The van der Waals surface area contributed by atoms with Crippen molar-refractivity contribution in [2.45, 2.75) is 12.5 Å². The fourth-order valence-corrected chi connectivity index (χ4v) is 4.41. The zero-order chi connectivity index (χ0) is 12.5. The van der Waals surface area contributed by atoms with Crippen molar-refractivity contribution in [1.82, 2.24) is 9.80 Å². The Morgan fingerprint density at radius 3 is 2.35 bits per heavy atom. The Morgan fingerprint density at radius 2 is 1.88 bits per heavy atom. The fourth-order valence-electron chi connectivity index (χ4n) is 2.48. The van der Waals surface area contributed by atoms with E-state index in [1.165, 1.54) is 0 Å². The van der Waals surface area contributed by atoms with Crippen LogP contribution in [0.15, 0.2) is 0 Å². The van der Waals surface area contributed by atoms with Gasteiger partial charge < -0.3 is 4.90 Å². The van der Waals surface area contributed by atoms with E-state index in [9.17, 15) is 13.2 Å². The Hall–Kier alpha value is -0.330. The molecule has 0 N–H and O–H groups in total. The third-order valence-electron chi connectivity index (χ3n) is 3.51. The number of carbonyl (C=O) groups excluding carboxylic acids is 1. The molecule has 0 aromatic heterocycles. The van der Waals surface area contributed by atoms with Gasteiger partial charge in [0, 0.05) is 32.2 Å². The first-order chi connectivity index (χ1) is 8.02. The smallest absolute Gasteiger partial charge is 0.237 e. The van der Waals surface area contributed by atoms with Crippen LogP contribution in [0.2, 0.25) is 0 Å². The van der Waals surface area contributed by atoms with Crippen molar-refractivity contribution in [1.29, 1.82) is 0 Å². The number of nitrogens with zero attached hydrogens (tertiary/aromatic N) is 2. The van der Waals surface area contributed by atoms with Crippen molar-refractivity contribution < 1.29 is 13.2 Å². The summed E-state index contributed by atoms with van der Waals surface area (Å²) in [7, 11) is -2.82. The summed E-state index contributed by atoms with van der Waals surface area (Å²) < 4.78 is 22.8. The summed E-state index contributed by atoms with van der Waals surface area (Å²) in [6, 6.07) is 0.147. The zero-order valence-electron chi connectivity index (χ0n) is 9.64. The van der Waals surface area contributed by atoms with Gasteiger partial charge in [-0.15, -0.1) is 11.6 Å². The molecule has 98 valence electrons. The number of alkyl halides is 1. The van der Waals surface area contributed by atoms with Gasteiger partial charge in [0.1, 0.15) is 5.88 Å². The van der Waals surface area contributed by atoms with Gasteiger partial charge in [0.2, 0.25) is 5.91 Å². The summed E-state index contributed by atoms with van der Waals surface area (Å²) in [5, 5.41) is 0. The standard InChI is InChI=1S/C10H17ClN2O3S/c11-7-10(14)13-4-2-12(3-5-13)9-1-6-17(15,16)8-9/h9H,1-8H2. The van der Waals surface area contributed by atoms with E-state index in [-0.39, 0.29) is 23.6 Å². The van der Waals surface area contributed by atoms with Crippen LogP contribution in [-0.2, 0) is 14.6 Å². The third-order valence-corrected chi connectivity index (χ3v) is 5.49. The molecule has 2 aliphatic rings. The molecule has 1 amide bonds. The molecule has 0 saturated carbocycles. The summed E-state index contributed by atoms with van der Waals surface area (Å²) in [6.45, 7) is 2.82. The molecular weight excluding hydrogens is 264 g/mol. The van der Waals surface area contributed by atoms with Gasteiger partial charge in [0.15, 0.2) is 9.84 Å². The second kappa shape index (κ2) is 5.12. The SMILES string of the molecule is O=C(CCl)N1CCN(C2CCS(=O)(=O)C2)CC1. The lowest BCUT2D eigenvalue weighted by Gasteiger charge is -2.37. The van der Waals surface area contributed by atoms with Crippen molar-refractivity contribution in [3.63, 3.8) is 0 Å². The predicted octanol–water partition coefficient (Wildman–Crippen LogP) is -0.443. The van der Waals surface area contributed by atoms with Crippen LogP contribution in [0.1, 0.15) is 6.42 Å². The highest BCUT2D eigenvalue weighted by molar-refractivity contribution is 7.91. The monoisotopic (exact) mass is 280 g/mol. The topological polar surface area (TPSA) is 57.7 Å². The van der Waals surface area contributed by atoms with Crippen LogP contribution in [0.5, 0.6) is 0 Å². The first-order valence-corrected chi connectivity index (χ1v) is 8.15. The Labute approximate surface area is 107 Å². The highest BCUT2D eigenvalue weighted by Crippen LogP contribution is 2.19. The lowest BCUT2D eigenvalue weighted by Crippen LogP contribution is -2.52. The highest BCUT2D eigenvalue weighted by atomic mass is 35.5. The molecule has 2 fully saturated rings. The summed E-state index contributed by atoms with van der Waals surface area (Å²) >= 11 is 5.50. The van der Waals surface area contributed by atoms with E-state index in [4.69, 9.17) is 11.6 Å². The Morgan fingerprint density at radius 1 is 1.24 bits per heavy atom. The molecule has 0 aliphatic carbocycles. The van der Waals surface area contributed by atoms with E-state index < -0.39 is 9.84 Å². The molecule has 0 bridgehead atoms. The molecule has 7 heteroatoms. The maximum atomic E-state index is 11.4. The number of amides is 1. The molecule has 1 atom stereocenters. The molecule has 2 saturated heterocycles. The van der Waals surface area contributed by atoms with E-state index in [1.54, 1.807) is 4.90 Å². The summed E-state index contributed by atoms with van der Waals surface area (Å²) in [5.41, 5.74) is 0. The molecule has 2 heterocycles. The minimum Gasteiger partial charge on any atom is -0.339 e. The van der Waals surface area contributed by atoms with E-state index in [0.29, 0.717) is 18.8 Å². The van der Waals surface area contributed by atoms with E-state index in [0.717, 1.165) is 19.5 Å². The number of rotatable bonds is 2. The summed E-state index contributed by atoms with van der Waals surface area (Å²) in [6.07, 6.45) is 0.728. The minimum atomic E-state index is -2.82. The Kier molecular flexibility index (Phi) is 3.95. The Balaban J connectivity index is 1.86. The van der Waals surface area contributed by atoms with Crippen molar-refractivity contribution in [3.05, 3.63) is 0 Å². The number of hydrogen-bond acceptors (Lipinski definition) is 4. The van der Waals surface area contributed by atoms with Crippen LogP contribution in [-0.4, -0.2) is 73.7 Å². The normalized spacial score (nSPS) is 29.5. The predicted molar refractivity (Wildman–Crippen MR) is 65.9 cm³/mol. The molecule has 0 aromatic rings. The maximum absolute atomic E-state index is 11.4. The number of piperazine rings is 1. The minimum absolute atomic E-state index is 0.0256. The lowest BCUT2D eigenvalue weighted by molar-refractivity contribution is -0.130. The van der Waals surface area contributed by atoms with Crippen LogP contribution in [0.3, 0.4) is 0 Å². The molecule has 2 aliphatic heterocycles. The van der Waals surface area contributed by atoms with E-state index in [1.807, 2.05) is 0 Å². The van der Waals surface area contributed by atoms with Crippen LogP contribution in [0.25, 0.3) is 0 Å². The number of sulfone groups is 1. The van der Waals surface area contributed by atoms with Crippen molar-refractivity contribution in [3.8, 4) is 0 Å². The first kappa shape index (κ1) is 13.1. The molecule has 0 spiro atoms. The largest absolute Gasteiger partial charge is 0.339 e. The third kappa shape index (κ3) is 3.11. The first-order valence-electron chi connectivity index (χ1n) is 5.80. The van der Waals surface area contributed by atoms with E-state index in [2.05, 4.69) is 4.90 Å². The average Bonchev–Trinajstić information content (AvgIpc) is 2.69. The number of halogens is 1. The van der Waals surface area contributed by atoms with Gasteiger partial charge in [0.25, 0.3) is 0 Å². The number of hydrogen-bond donors (Lipinski definition) is 0. The lowest BCUT2D eigenvalue weighted by atomic mass is 10.2. The van der Waals surface area contributed by atoms with Gasteiger partial charge in [-0.1, -0.05) is 0 Å². The van der Waals surface area contributed by atoms with Crippen LogP contribution >= 0.6 is 11.6 Å². The fraction of sp³-hybridized carbons (Fsp3) is 0.900. The average molecular weight is 281 g/mol. The van der Waals surface area contributed by atoms with Gasteiger partial charge in [-0.2, -0.15) is 0 Å².